The number of anilines is 1. The summed E-state index contributed by atoms with van der Waals surface area (Å²) in [7, 11) is -3.63. The summed E-state index contributed by atoms with van der Waals surface area (Å²) >= 11 is 0. The molecular weight excluding hydrogens is 386 g/mol. The normalized spacial score (nSPS) is 19.6. The van der Waals surface area contributed by atoms with E-state index in [1.807, 2.05) is 13.0 Å². The van der Waals surface area contributed by atoms with Crippen molar-refractivity contribution in [2.45, 2.75) is 38.0 Å². The summed E-state index contributed by atoms with van der Waals surface area (Å²) in [4.78, 5) is 2.16. The number of nitrogens with one attached hydrogen (secondary N) is 1. The van der Waals surface area contributed by atoms with Crippen molar-refractivity contribution < 1.29 is 13.5 Å². The molecule has 1 aliphatic heterocycles. The first-order valence-corrected chi connectivity index (χ1v) is 11.9. The molecule has 0 saturated carbocycles. The second-order valence-corrected chi connectivity index (χ2v) is 9.86. The van der Waals surface area contributed by atoms with E-state index in [2.05, 4.69) is 33.9 Å². The lowest BCUT2D eigenvalue weighted by atomic mass is 9.87. The van der Waals surface area contributed by atoms with E-state index in [9.17, 15) is 13.5 Å². The highest BCUT2D eigenvalue weighted by atomic mass is 32.2. The van der Waals surface area contributed by atoms with E-state index >= 15 is 0 Å². The molecule has 0 radical (unpaired) electrons. The van der Waals surface area contributed by atoms with Crippen LogP contribution >= 0.6 is 0 Å². The van der Waals surface area contributed by atoms with Gasteiger partial charge in [-0.2, -0.15) is 4.72 Å². The molecule has 0 amide bonds. The van der Waals surface area contributed by atoms with Gasteiger partial charge in [0.2, 0.25) is 10.0 Å². The van der Waals surface area contributed by atoms with Gasteiger partial charge in [-0.05, 0) is 62.9 Å². The van der Waals surface area contributed by atoms with Gasteiger partial charge in [0.05, 0.1) is 12.3 Å². The van der Waals surface area contributed by atoms with Gasteiger partial charge in [0.25, 0.3) is 0 Å². The minimum atomic E-state index is -3.63. The van der Waals surface area contributed by atoms with Gasteiger partial charge < -0.3 is 10.8 Å². The third kappa shape index (κ3) is 5.57. The van der Waals surface area contributed by atoms with Gasteiger partial charge in [-0.1, -0.05) is 42.5 Å². The van der Waals surface area contributed by atoms with Crippen molar-refractivity contribution >= 4 is 15.7 Å². The highest BCUT2D eigenvalue weighted by Gasteiger charge is 2.42. The summed E-state index contributed by atoms with van der Waals surface area (Å²) in [6.45, 7) is 3.48. The molecule has 7 heteroatoms. The van der Waals surface area contributed by atoms with E-state index < -0.39 is 21.8 Å². The lowest BCUT2D eigenvalue weighted by Gasteiger charge is -2.44. The van der Waals surface area contributed by atoms with E-state index in [-0.39, 0.29) is 0 Å². The number of sulfonamides is 1. The smallest absolute Gasteiger partial charge is 0.211 e. The SMILES string of the molecule is CC(N1CCC(Cc2ccccc2)CC1)C(O)(NS(C)(=O)=O)c1ccc(N)cc1. The molecule has 0 spiro atoms. The van der Waals surface area contributed by atoms with Gasteiger partial charge in [-0.15, -0.1) is 0 Å². The van der Waals surface area contributed by atoms with Gasteiger partial charge >= 0.3 is 0 Å². The molecule has 1 heterocycles. The molecule has 3 rings (SSSR count). The van der Waals surface area contributed by atoms with Crippen molar-refractivity contribution in [3.05, 3.63) is 65.7 Å². The lowest BCUT2D eigenvalue weighted by Crippen LogP contribution is -2.59. The molecule has 6 nitrogen and oxygen atoms in total. The second-order valence-electron chi connectivity index (χ2n) is 8.11. The maximum absolute atomic E-state index is 12.0. The maximum atomic E-state index is 12.0. The molecule has 1 fully saturated rings. The van der Waals surface area contributed by atoms with Crippen LogP contribution in [0.5, 0.6) is 0 Å². The summed E-state index contributed by atoms with van der Waals surface area (Å²) in [5.41, 5.74) is 6.42. The number of aliphatic hydroxyl groups is 1. The number of nitrogens with zero attached hydrogens (tertiary/aromatic N) is 1. The third-order valence-electron chi connectivity index (χ3n) is 5.86. The fourth-order valence-corrected chi connectivity index (χ4v) is 5.01. The molecule has 158 valence electrons. The third-order valence-corrected chi connectivity index (χ3v) is 6.54. The van der Waals surface area contributed by atoms with Crippen LogP contribution in [0.2, 0.25) is 0 Å². The molecule has 2 aromatic rings. The quantitative estimate of drug-likeness (QED) is 0.475. The monoisotopic (exact) mass is 417 g/mol. The molecule has 0 bridgehead atoms. The molecule has 29 heavy (non-hydrogen) atoms. The first-order valence-electron chi connectivity index (χ1n) is 10.0. The summed E-state index contributed by atoms with van der Waals surface area (Å²) in [5, 5.41) is 11.5. The molecule has 0 aromatic heterocycles. The van der Waals surface area contributed by atoms with Crippen LogP contribution in [0, 0.1) is 5.92 Å². The van der Waals surface area contributed by atoms with E-state index in [0.29, 0.717) is 17.2 Å². The molecule has 1 aliphatic rings. The number of rotatable bonds is 7. The van der Waals surface area contributed by atoms with Crippen molar-refractivity contribution in [1.82, 2.24) is 9.62 Å². The Morgan fingerprint density at radius 1 is 1.14 bits per heavy atom. The molecular formula is C22H31N3O3S. The number of benzene rings is 2. The fraction of sp³-hybridized carbons (Fsp3) is 0.455. The molecule has 2 unspecified atom stereocenters. The minimum Gasteiger partial charge on any atom is -0.399 e. The zero-order chi connectivity index (χ0) is 21.1. The Morgan fingerprint density at radius 3 is 2.28 bits per heavy atom. The molecule has 4 N–H and O–H groups in total. The molecule has 2 atom stereocenters. The largest absolute Gasteiger partial charge is 0.399 e. The van der Waals surface area contributed by atoms with Crippen LogP contribution in [0.4, 0.5) is 5.69 Å². The Kier molecular flexibility index (Phi) is 6.63. The maximum Gasteiger partial charge on any atom is 0.211 e. The Labute approximate surface area is 173 Å². The predicted octanol–water partition coefficient (Wildman–Crippen LogP) is 2.31. The number of nitrogens with two attached hydrogens (primary N) is 1. The molecule has 1 saturated heterocycles. The van der Waals surface area contributed by atoms with Crippen LogP contribution in [0.15, 0.2) is 54.6 Å². The number of hydrogen-bond acceptors (Lipinski definition) is 5. The zero-order valence-electron chi connectivity index (χ0n) is 17.1. The van der Waals surface area contributed by atoms with Crippen molar-refractivity contribution in [2.75, 3.05) is 25.1 Å². The van der Waals surface area contributed by atoms with Crippen molar-refractivity contribution in [1.29, 1.82) is 0 Å². The average Bonchev–Trinajstić information content (AvgIpc) is 2.68. The summed E-state index contributed by atoms with van der Waals surface area (Å²) < 4.78 is 26.5. The van der Waals surface area contributed by atoms with Crippen LogP contribution in [-0.4, -0.2) is 43.8 Å². The van der Waals surface area contributed by atoms with Crippen molar-refractivity contribution in [3.63, 3.8) is 0 Å². The topological polar surface area (TPSA) is 95.7 Å². The number of hydrogen-bond donors (Lipinski definition) is 3. The number of piperidine rings is 1. The van der Waals surface area contributed by atoms with Crippen LogP contribution in [0.3, 0.4) is 0 Å². The number of likely N-dealkylation sites (tertiary alicyclic amines) is 1. The van der Waals surface area contributed by atoms with Crippen LogP contribution in [0.1, 0.15) is 30.9 Å². The highest BCUT2D eigenvalue weighted by Crippen LogP contribution is 2.31. The van der Waals surface area contributed by atoms with Gasteiger partial charge in [-0.25, -0.2) is 8.42 Å². The van der Waals surface area contributed by atoms with Gasteiger partial charge in [0.15, 0.2) is 5.72 Å². The van der Waals surface area contributed by atoms with Crippen LogP contribution < -0.4 is 10.5 Å². The van der Waals surface area contributed by atoms with Crippen LogP contribution in [0.25, 0.3) is 0 Å². The highest BCUT2D eigenvalue weighted by molar-refractivity contribution is 7.88. The van der Waals surface area contributed by atoms with Crippen molar-refractivity contribution in [2.24, 2.45) is 5.92 Å². The molecule has 2 aromatic carbocycles. The van der Waals surface area contributed by atoms with E-state index in [4.69, 9.17) is 5.73 Å². The van der Waals surface area contributed by atoms with E-state index in [0.717, 1.165) is 38.6 Å². The summed E-state index contributed by atoms with van der Waals surface area (Å²) in [5.74, 6) is 0.591. The lowest BCUT2D eigenvalue weighted by molar-refractivity contribution is -0.0637. The Morgan fingerprint density at radius 2 is 1.72 bits per heavy atom. The van der Waals surface area contributed by atoms with Gasteiger partial charge in [0.1, 0.15) is 0 Å². The average molecular weight is 418 g/mol. The Hall–Kier alpha value is -1.93. The van der Waals surface area contributed by atoms with Gasteiger partial charge in [0, 0.05) is 11.3 Å². The number of nitrogen functional groups attached to an aromatic ring is 1. The predicted molar refractivity (Wildman–Crippen MR) is 117 cm³/mol. The summed E-state index contributed by atoms with van der Waals surface area (Å²) in [6.07, 6.45) is 4.13. The first-order chi connectivity index (χ1) is 13.7. The second kappa shape index (κ2) is 8.83. The Balaban J connectivity index is 1.73. The minimum absolute atomic E-state index is 0.432. The Bertz CT molecular complexity index is 895. The first kappa shape index (κ1) is 21.8. The molecule has 0 aliphatic carbocycles. The zero-order valence-corrected chi connectivity index (χ0v) is 17.9. The standard InChI is InChI=1S/C22H31N3O3S/c1-17(22(26,24-29(2,27)28)20-8-10-21(23)11-9-20)25-14-12-19(13-15-25)16-18-6-4-3-5-7-18/h3-11,17,19,24,26H,12-16,23H2,1-2H3. The van der Waals surface area contributed by atoms with Crippen LogP contribution in [-0.2, 0) is 22.2 Å². The fourth-order valence-electron chi connectivity index (χ4n) is 4.16. The van der Waals surface area contributed by atoms with Gasteiger partial charge in [-0.3, -0.25) is 4.90 Å². The van der Waals surface area contributed by atoms with E-state index in [1.165, 1.54) is 5.56 Å². The van der Waals surface area contributed by atoms with Crippen molar-refractivity contribution in [3.8, 4) is 0 Å². The summed E-state index contributed by atoms with van der Waals surface area (Å²) in [6, 6.07) is 16.7. The van der Waals surface area contributed by atoms with E-state index in [1.54, 1.807) is 24.3 Å².